The zero-order valence-electron chi connectivity index (χ0n) is 17.8. The van der Waals surface area contributed by atoms with E-state index in [1.807, 2.05) is 12.1 Å². The maximum Gasteiger partial charge on any atom is 0.338 e. The molecule has 5 heteroatoms. The van der Waals surface area contributed by atoms with Crippen LogP contribution in [0.2, 0.25) is 0 Å². The molecule has 0 amide bonds. The van der Waals surface area contributed by atoms with E-state index in [0.717, 1.165) is 29.1 Å². The first-order valence-corrected chi connectivity index (χ1v) is 11.1. The fourth-order valence-corrected chi connectivity index (χ4v) is 6.77. The van der Waals surface area contributed by atoms with E-state index in [1.165, 1.54) is 44.6 Å². The number of rotatable bonds is 6. The number of hydrogen-bond donors (Lipinski definition) is 1. The van der Waals surface area contributed by atoms with E-state index in [-0.39, 0.29) is 17.6 Å². The molecule has 2 aromatic carbocycles. The van der Waals surface area contributed by atoms with Gasteiger partial charge in [0.25, 0.3) is 0 Å². The minimum Gasteiger partial charge on any atom is -0.496 e. The van der Waals surface area contributed by atoms with E-state index in [2.05, 4.69) is 0 Å². The van der Waals surface area contributed by atoms with Gasteiger partial charge in [-0.1, -0.05) is 18.2 Å². The van der Waals surface area contributed by atoms with Crippen molar-refractivity contribution in [1.29, 1.82) is 0 Å². The molecule has 6 rings (SSSR count). The molecule has 162 valence electrons. The molecule has 1 N–H and O–H groups in total. The highest BCUT2D eigenvalue weighted by molar-refractivity contribution is 5.91. The quantitative estimate of drug-likeness (QED) is 0.649. The van der Waals surface area contributed by atoms with Crippen LogP contribution in [0.1, 0.15) is 70.4 Å². The summed E-state index contributed by atoms with van der Waals surface area (Å²) in [4.78, 5) is 24.3. The first kappa shape index (κ1) is 20.1. The summed E-state index contributed by atoms with van der Waals surface area (Å²) in [6.45, 7) is -0.0694. The van der Waals surface area contributed by atoms with Crippen molar-refractivity contribution >= 4 is 11.9 Å². The summed E-state index contributed by atoms with van der Waals surface area (Å²) < 4.78 is 11.2. The van der Waals surface area contributed by atoms with E-state index in [9.17, 15) is 14.7 Å². The molecular weight excluding hydrogens is 392 g/mol. The smallest absolute Gasteiger partial charge is 0.338 e. The lowest BCUT2D eigenvalue weighted by molar-refractivity contribution is -0.00620. The van der Waals surface area contributed by atoms with Crippen LogP contribution in [0.15, 0.2) is 42.5 Å². The summed E-state index contributed by atoms with van der Waals surface area (Å²) in [6, 6.07) is 12.2. The van der Waals surface area contributed by atoms with Crippen molar-refractivity contribution in [2.75, 3.05) is 7.11 Å². The largest absolute Gasteiger partial charge is 0.496 e. The van der Waals surface area contributed by atoms with Crippen molar-refractivity contribution in [3.05, 3.63) is 64.7 Å². The van der Waals surface area contributed by atoms with Crippen molar-refractivity contribution in [2.24, 2.45) is 17.8 Å². The highest BCUT2D eigenvalue weighted by Gasteiger charge is 2.52. The lowest BCUT2D eigenvalue weighted by atomic mass is 9.48. The number of carboxylic acids is 1. The predicted octanol–water partition coefficient (Wildman–Crippen LogP) is 5.22. The van der Waals surface area contributed by atoms with Crippen LogP contribution in [0.3, 0.4) is 0 Å². The first-order chi connectivity index (χ1) is 15.0. The molecule has 0 radical (unpaired) electrons. The number of aromatic carboxylic acids is 1. The van der Waals surface area contributed by atoms with Crippen LogP contribution >= 0.6 is 0 Å². The number of methoxy groups -OCH3 is 1. The summed E-state index contributed by atoms with van der Waals surface area (Å²) in [5.41, 5.74) is 2.39. The summed E-state index contributed by atoms with van der Waals surface area (Å²) in [6.07, 6.45) is 7.60. The van der Waals surface area contributed by atoms with Crippen molar-refractivity contribution < 1.29 is 24.2 Å². The van der Waals surface area contributed by atoms with Crippen LogP contribution in [-0.2, 0) is 16.8 Å². The SMILES string of the molecule is COc1ccc(C(=O)OCc2ccccc2C(=O)O)cc1C12CC3CC(CC(C3)C1)C2. The topological polar surface area (TPSA) is 72.8 Å². The lowest BCUT2D eigenvalue weighted by Gasteiger charge is -2.57. The maximum atomic E-state index is 12.9. The second kappa shape index (κ2) is 7.70. The second-order valence-corrected chi connectivity index (χ2v) is 9.65. The maximum absolute atomic E-state index is 12.9. The Bertz CT molecular complexity index is 989. The van der Waals surface area contributed by atoms with Gasteiger partial charge in [-0.05, 0) is 86.0 Å². The molecule has 2 aromatic rings. The summed E-state index contributed by atoms with van der Waals surface area (Å²) in [5, 5.41) is 9.34. The average Bonchev–Trinajstić information content (AvgIpc) is 2.76. The predicted molar refractivity (Wildman–Crippen MR) is 115 cm³/mol. The van der Waals surface area contributed by atoms with E-state index in [1.54, 1.807) is 31.4 Å². The molecule has 0 spiro atoms. The molecule has 31 heavy (non-hydrogen) atoms. The van der Waals surface area contributed by atoms with Gasteiger partial charge >= 0.3 is 11.9 Å². The van der Waals surface area contributed by atoms with Crippen LogP contribution in [0.5, 0.6) is 5.75 Å². The number of esters is 1. The van der Waals surface area contributed by atoms with Gasteiger partial charge in [0.15, 0.2) is 0 Å². The molecular formula is C26H28O5. The number of ether oxygens (including phenoxy) is 2. The zero-order valence-corrected chi connectivity index (χ0v) is 17.8. The molecule has 4 bridgehead atoms. The fourth-order valence-electron chi connectivity index (χ4n) is 6.77. The number of carboxylic acid groups (broad SMARTS) is 1. The molecule has 0 aliphatic heterocycles. The number of carbonyl (C=O) groups is 2. The molecule has 0 atom stereocenters. The van der Waals surface area contributed by atoms with Crippen molar-refractivity contribution in [3.63, 3.8) is 0 Å². The Labute approximate surface area is 182 Å². The highest BCUT2D eigenvalue weighted by Crippen LogP contribution is 2.61. The molecule has 4 fully saturated rings. The Balaban J connectivity index is 1.40. The monoisotopic (exact) mass is 420 g/mol. The molecule has 0 saturated heterocycles. The van der Waals surface area contributed by atoms with Crippen LogP contribution in [-0.4, -0.2) is 24.2 Å². The van der Waals surface area contributed by atoms with Gasteiger partial charge in [0.1, 0.15) is 12.4 Å². The number of carbonyl (C=O) groups excluding carboxylic acids is 1. The van der Waals surface area contributed by atoms with Gasteiger partial charge in [-0.25, -0.2) is 9.59 Å². The van der Waals surface area contributed by atoms with E-state index in [0.29, 0.717) is 11.1 Å². The van der Waals surface area contributed by atoms with Crippen molar-refractivity contribution in [3.8, 4) is 5.75 Å². The highest BCUT2D eigenvalue weighted by atomic mass is 16.5. The van der Waals surface area contributed by atoms with Gasteiger partial charge in [-0.2, -0.15) is 0 Å². The van der Waals surface area contributed by atoms with E-state index >= 15 is 0 Å². The lowest BCUT2D eigenvalue weighted by Crippen LogP contribution is -2.48. The third kappa shape index (κ3) is 3.60. The summed E-state index contributed by atoms with van der Waals surface area (Å²) >= 11 is 0. The minimum absolute atomic E-state index is 0.0694. The third-order valence-corrected chi connectivity index (χ3v) is 7.65. The van der Waals surface area contributed by atoms with Gasteiger partial charge in [-0.3, -0.25) is 0 Å². The molecule has 0 unspecified atom stereocenters. The fraction of sp³-hybridized carbons (Fsp3) is 0.462. The third-order valence-electron chi connectivity index (χ3n) is 7.65. The number of hydrogen-bond acceptors (Lipinski definition) is 4. The van der Waals surface area contributed by atoms with E-state index in [4.69, 9.17) is 9.47 Å². The zero-order chi connectivity index (χ0) is 21.6. The molecule has 0 heterocycles. The van der Waals surface area contributed by atoms with Crippen LogP contribution in [0.4, 0.5) is 0 Å². The van der Waals surface area contributed by atoms with Gasteiger partial charge < -0.3 is 14.6 Å². The average molecular weight is 421 g/mol. The van der Waals surface area contributed by atoms with Crippen molar-refractivity contribution in [2.45, 2.75) is 50.5 Å². The standard InChI is InChI=1S/C26H28O5/c1-30-23-7-6-19(25(29)31-15-20-4-2-3-5-21(20)24(27)28)11-22(23)26-12-16-8-17(13-26)10-18(9-16)14-26/h2-7,11,16-18H,8-10,12-15H2,1H3,(H,27,28). The minimum atomic E-state index is -1.03. The van der Waals surface area contributed by atoms with Crippen LogP contribution < -0.4 is 4.74 Å². The molecule has 4 aliphatic rings. The Morgan fingerprint density at radius 3 is 2.26 bits per heavy atom. The van der Waals surface area contributed by atoms with Gasteiger partial charge in [0.05, 0.1) is 18.2 Å². The summed E-state index contributed by atoms with van der Waals surface area (Å²) in [5.74, 6) is 1.76. The molecule has 4 saturated carbocycles. The van der Waals surface area contributed by atoms with Crippen molar-refractivity contribution in [1.82, 2.24) is 0 Å². The molecule has 0 aromatic heterocycles. The Hall–Kier alpha value is -2.82. The molecule has 4 aliphatic carbocycles. The van der Waals surface area contributed by atoms with Gasteiger partial charge in [0, 0.05) is 11.1 Å². The summed E-state index contributed by atoms with van der Waals surface area (Å²) in [7, 11) is 1.69. The molecule has 5 nitrogen and oxygen atoms in total. The Morgan fingerprint density at radius 1 is 1.00 bits per heavy atom. The normalized spacial score (nSPS) is 28.4. The Kier molecular flexibility index (Phi) is 4.99. The number of benzene rings is 2. The first-order valence-electron chi connectivity index (χ1n) is 11.1. The second-order valence-electron chi connectivity index (χ2n) is 9.65. The van der Waals surface area contributed by atoms with E-state index < -0.39 is 11.9 Å². The van der Waals surface area contributed by atoms with Crippen LogP contribution in [0, 0.1) is 17.8 Å². The van der Waals surface area contributed by atoms with Crippen LogP contribution in [0.25, 0.3) is 0 Å². The van der Waals surface area contributed by atoms with Gasteiger partial charge in [0.2, 0.25) is 0 Å². The van der Waals surface area contributed by atoms with Gasteiger partial charge in [-0.15, -0.1) is 0 Å². The Morgan fingerprint density at radius 2 is 1.65 bits per heavy atom.